The van der Waals surface area contributed by atoms with Crippen molar-refractivity contribution in [2.24, 2.45) is 17.3 Å². The van der Waals surface area contributed by atoms with Crippen LogP contribution in [0, 0.1) is 17.3 Å². The number of carbonyl (C=O) groups excluding carboxylic acids is 4. The van der Waals surface area contributed by atoms with Gasteiger partial charge in [0.15, 0.2) is 11.7 Å². The molecule has 0 amide bonds. The Morgan fingerprint density at radius 3 is 2.25 bits per heavy atom. The number of hydrogen-bond donors (Lipinski definition) is 1. The van der Waals surface area contributed by atoms with Gasteiger partial charge in [-0.1, -0.05) is 31.7 Å². The molecule has 0 spiro atoms. The predicted octanol–water partition coefficient (Wildman–Crippen LogP) is 2.78. The molecule has 0 bridgehead atoms. The third kappa shape index (κ3) is 4.59. The van der Waals surface area contributed by atoms with Crippen molar-refractivity contribution in [3.05, 3.63) is 36.5 Å². The first-order valence-corrected chi connectivity index (χ1v) is 12.2. The van der Waals surface area contributed by atoms with E-state index in [1.165, 1.54) is 33.8 Å². The van der Waals surface area contributed by atoms with Crippen LogP contribution in [0.2, 0.25) is 0 Å². The second-order valence-electron chi connectivity index (χ2n) is 10.0. The third-order valence-electron chi connectivity index (χ3n) is 7.65. The Bertz CT molecular complexity index is 1020. The lowest BCUT2D eigenvalue weighted by Gasteiger charge is -2.55. The van der Waals surface area contributed by atoms with Gasteiger partial charge in [-0.25, -0.2) is 0 Å². The van der Waals surface area contributed by atoms with Crippen LogP contribution in [-0.4, -0.2) is 64.4 Å². The fourth-order valence-electron chi connectivity index (χ4n) is 5.83. The molecule has 0 aromatic heterocycles. The van der Waals surface area contributed by atoms with Crippen molar-refractivity contribution >= 4 is 35.5 Å². The van der Waals surface area contributed by atoms with Gasteiger partial charge in [0, 0.05) is 26.7 Å². The molecule has 1 saturated heterocycles. The third-order valence-corrected chi connectivity index (χ3v) is 8.16. The summed E-state index contributed by atoms with van der Waals surface area (Å²) >= 11 is 6.66. The molecule has 1 N–H and O–H groups in total. The number of aliphatic hydroxyl groups is 1. The summed E-state index contributed by atoms with van der Waals surface area (Å²) in [5.41, 5.74) is -2.57. The zero-order valence-electron chi connectivity index (χ0n) is 21.1. The molecule has 0 aromatic carbocycles. The van der Waals surface area contributed by atoms with Gasteiger partial charge in [0.25, 0.3) is 0 Å². The number of fused-ring (bicyclic) bond motifs is 2. The highest BCUT2D eigenvalue weighted by molar-refractivity contribution is 6.23. The topological polar surface area (TPSA) is 125 Å². The molecule has 9 nitrogen and oxygen atoms in total. The SMILES string of the molecule is C=C1CC[C@H](OC(C)=O)[C@]2(C)[C@@H](OC(C)=O)/C=C/C(=C)[C@H](Cl)[C@@H]3OC(=O)[C@H](C)[C@@]3(O)[C@@H](OC(C)=O)[C@@H]12. The fourth-order valence-corrected chi connectivity index (χ4v) is 6.15. The second-order valence-corrected chi connectivity index (χ2v) is 10.5. The van der Waals surface area contributed by atoms with Crippen LogP contribution in [0.5, 0.6) is 0 Å². The summed E-state index contributed by atoms with van der Waals surface area (Å²) < 4.78 is 22.7. The Morgan fingerprint density at radius 2 is 1.69 bits per heavy atom. The Kier molecular flexibility index (Phi) is 7.77. The molecule has 9 atom stereocenters. The van der Waals surface area contributed by atoms with Crippen LogP contribution in [0.4, 0.5) is 0 Å². The van der Waals surface area contributed by atoms with Gasteiger partial charge in [-0.05, 0) is 31.4 Å². The van der Waals surface area contributed by atoms with Crippen LogP contribution in [-0.2, 0) is 38.1 Å². The lowest BCUT2D eigenvalue weighted by Crippen LogP contribution is -2.66. The van der Waals surface area contributed by atoms with Crippen LogP contribution in [0.15, 0.2) is 36.5 Å². The molecule has 3 aliphatic rings. The van der Waals surface area contributed by atoms with Gasteiger partial charge in [-0.15, -0.1) is 11.6 Å². The van der Waals surface area contributed by atoms with Crippen molar-refractivity contribution in [1.82, 2.24) is 0 Å². The van der Waals surface area contributed by atoms with Crippen molar-refractivity contribution in [3.63, 3.8) is 0 Å². The van der Waals surface area contributed by atoms with E-state index in [1.54, 1.807) is 13.0 Å². The van der Waals surface area contributed by atoms with E-state index in [1.807, 2.05) is 0 Å². The number of carbonyl (C=O) groups is 4. The first-order chi connectivity index (χ1) is 16.6. The van der Waals surface area contributed by atoms with Gasteiger partial charge in [-0.3, -0.25) is 19.2 Å². The quantitative estimate of drug-likeness (QED) is 0.256. The van der Waals surface area contributed by atoms with E-state index >= 15 is 0 Å². The lowest BCUT2D eigenvalue weighted by atomic mass is 9.55. The first-order valence-electron chi connectivity index (χ1n) is 11.8. The van der Waals surface area contributed by atoms with Gasteiger partial charge < -0.3 is 24.1 Å². The van der Waals surface area contributed by atoms with Gasteiger partial charge in [-0.2, -0.15) is 0 Å². The maximum atomic E-state index is 12.8. The summed E-state index contributed by atoms with van der Waals surface area (Å²) in [6.07, 6.45) is -0.810. The van der Waals surface area contributed by atoms with Gasteiger partial charge >= 0.3 is 23.9 Å². The minimum absolute atomic E-state index is 0.265. The molecule has 10 heteroatoms. The second kappa shape index (κ2) is 10.0. The van der Waals surface area contributed by atoms with Crippen molar-refractivity contribution in [2.75, 3.05) is 0 Å². The van der Waals surface area contributed by atoms with E-state index in [-0.39, 0.29) is 5.57 Å². The monoisotopic (exact) mass is 524 g/mol. The molecule has 198 valence electrons. The Hall–Kier alpha value is -2.65. The Labute approximate surface area is 215 Å². The van der Waals surface area contributed by atoms with E-state index in [0.717, 1.165) is 0 Å². The molecule has 1 saturated carbocycles. The van der Waals surface area contributed by atoms with E-state index in [0.29, 0.717) is 18.4 Å². The smallest absolute Gasteiger partial charge is 0.312 e. The molecule has 36 heavy (non-hydrogen) atoms. The zero-order valence-corrected chi connectivity index (χ0v) is 21.9. The number of halogens is 1. The van der Waals surface area contributed by atoms with E-state index in [2.05, 4.69) is 13.2 Å². The molecule has 0 aromatic rings. The number of allylic oxidation sites excluding steroid dienone is 1. The Balaban J connectivity index is 2.39. The normalized spacial score (nSPS) is 41.3. The largest absolute Gasteiger partial charge is 0.462 e. The summed E-state index contributed by atoms with van der Waals surface area (Å²) in [4.78, 5) is 49.5. The van der Waals surface area contributed by atoms with Crippen LogP contribution < -0.4 is 0 Å². The van der Waals surface area contributed by atoms with E-state index in [9.17, 15) is 24.3 Å². The molecule has 0 unspecified atom stereocenters. The summed E-state index contributed by atoms with van der Waals surface area (Å²) in [6, 6.07) is 0. The van der Waals surface area contributed by atoms with E-state index in [4.69, 9.17) is 30.5 Å². The standard InChI is InChI=1S/C26H33ClO9/c1-12-8-10-18(33-15(4)28)25(7)19(34-16(5)29)11-9-13(2)21(27)23-26(32,14(3)24(31)36-23)22(20(12)25)35-17(6)30/h9,11,14,18-23,32H,1-2,8,10H2,3-7H3/b11-9+/t14-,18-,19-,20+,21-,22-,23-,25+,26+/m0/s1. The van der Waals surface area contributed by atoms with Crippen molar-refractivity contribution in [2.45, 2.75) is 82.9 Å². The van der Waals surface area contributed by atoms with Gasteiger partial charge in [0.2, 0.25) is 0 Å². The molecule has 2 fully saturated rings. The van der Waals surface area contributed by atoms with Crippen molar-refractivity contribution < 1.29 is 43.2 Å². The predicted molar refractivity (Wildman–Crippen MR) is 129 cm³/mol. The summed E-state index contributed by atoms with van der Waals surface area (Å²) in [5.74, 6) is -4.71. The minimum atomic E-state index is -2.11. The zero-order chi connectivity index (χ0) is 27.2. The molecule has 3 rings (SSSR count). The Morgan fingerprint density at radius 1 is 1.11 bits per heavy atom. The lowest BCUT2D eigenvalue weighted by molar-refractivity contribution is -0.217. The van der Waals surface area contributed by atoms with Crippen LogP contribution in [0.25, 0.3) is 0 Å². The van der Waals surface area contributed by atoms with Crippen LogP contribution in [0.3, 0.4) is 0 Å². The molecule has 1 heterocycles. The van der Waals surface area contributed by atoms with Crippen molar-refractivity contribution in [1.29, 1.82) is 0 Å². The summed E-state index contributed by atoms with van der Waals surface area (Å²) in [5, 5.41) is 11.2. The first kappa shape index (κ1) is 27.9. The molecular weight excluding hydrogens is 492 g/mol. The molecule has 1 aliphatic heterocycles. The average molecular weight is 525 g/mol. The van der Waals surface area contributed by atoms with Crippen LogP contribution >= 0.6 is 11.6 Å². The van der Waals surface area contributed by atoms with Crippen molar-refractivity contribution in [3.8, 4) is 0 Å². The molecule has 2 aliphatic carbocycles. The maximum absolute atomic E-state index is 12.8. The van der Waals surface area contributed by atoms with E-state index < -0.39 is 76.5 Å². The number of rotatable bonds is 3. The highest BCUT2D eigenvalue weighted by Crippen LogP contribution is 2.56. The van der Waals surface area contributed by atoms with Gasteiger partial charge in [0.05, 0.1) is 16.7 Å². The molecule has 0 radical (unpaired) electrons. The minimum Gasteiger partial charge on any atom is -0.462 e. The summed E-state index contributed by atoms with van der Waals surface area (Å²) in [7, 11) is 0. The number of hydrogen-bond acceptors (Lipinski definition) is 9. The number of esters is 4. The number of ether oxygens (including phenoxy) is 4. The number of alkyl halides is 1. The fraction of sp³-hybridized carbons (Fsp3) is 0.615. The average Bonchev–Trinajstić information content (AvgIpc) is 3.00. The molecular formula is C26H33ClO9. The highest BCUT2D eigenvalue weighted by atomic mass is 35.5. The summed E-state index contributed by atoms with van der Waals surface area (Å²) in [6.45, 7) is 15.0. The van der Waals surface area contributed by atoms with Crippen LogP contribution in [0.1, 0.15) is 47.5 Å². The maximum Gasteiger partial charge on any atom is 0.312 e. The van der Waals surface area contributed by atoms with Gasteiger partial charge in [0.1, 0.15) is 18.3 Å². The highest BCUT2D eigenvalue weighted by Gasteiger charge is 2.68.